The fourth-order valence-corrected chi connectivity index (χ4v) is 2.21. The summed E-state index contributed by atoms with van der Waals surface area (Å²) in [5.74, 6) is -0.302. The predicted molar refractivity (Wildman–Crippen MR) is 71.4 cm³/mol. The molecule has 0 heterocycles. The van der Waals surface area contributed by atoms with Crippen LogP contribution in [0.1, 0.15) is 13.8 Å². The Balaban J connectivity index is 3.08. The Morgan fingerprint density at radius 2 is 1.17 bits per heavy atom. The minimum absolute atomic E-state index is 0.0383. The van der Waals surface area contributed by atoms with Gasteiger partial charge in [0.25, 0.3) is 0 Å². The van der Waals surface area contributed by atoms with Gasteiger partial charge in [0.2, 0.25) is 0 Å². The standard InChI is InChI=1S/C10H14N2O4S2/c1-3-17(13,14)11-9-7-5-6-8-10(9)12-18(15,16)4-2/h5-8H,3-4H2,1-2H3/q-2. The lowest BCUT2D eigenvalue weighted by Crippen LogP contribution is -2.01. The molecule has 8 heteroatoms. The van der Waals surface area contributed by atoms with Gasteiger partial charge in [-0.1, -0.05) is 38.1 Å². The molecule has 0 aliphatic heterocycles. The summed E-state index contributed by atoms with van der Waals surface area (Å²) in [6.45, 7) is 2.92. The molecule has 0 spiro atoms. The first-order valence-corrected chi connectivity index (χ1v) is 8.52. The van der Waals surface area contributed by atoms with Crippen LogP contribution in [0.4, 0.5) is 11.4 Å². The fourth-order valence-electron chi connectivity index (χ4n) is 1.05. The van der Waals surface area contributed by atoms with Crippen molar-refractivity contribution in [3.8, 4) is 0 Å². The Kier molecular flexibility index (Phi) is 4.58. The van der Waals surface area contributed by atoms with Crippen molar-refractivity contribution >= 4 is 31.4 Å². The lowest BCUT2D eigenvalue weighted by atomic mass is 10.3. The molecule has 18 heavy (non-hydrogen) atoms. The first kappa shape index (κ1) is 14.8. The van der Waals surface area contributed by atoms with Crippen molar-refractivity contribution in [3.05, 3.63) is 33.7 Å². The monoisotopic (exact) mass is 290 g/mol. The molecule has 0 aliphatic rings. The Bertz CT molecular complexity index is 554. The molecule has 1 aromatic rings. The van der Waals surface area contributed by atoms with Crippen LogP contribution in [0, 0.1) is 0 Å². The number of benzene rings is 1. The highest BCUT2D eigenvalue weighted by Crippen LogP contribution is 2.37. The molecule has 0 atom stereocenters. The second-order valence-electron chi connectivity index (χ2n) is 3.41. The largest absolute Gasteiger partial charge is 0.578 e. The van der Waals surface area contributed by atoms with Gasteiger partial charge in [0.05, 0.1) is 20.0 Å². The maximum atomic E-state index is 11.4. The fraction of sp³-hybridized carbons (Fsp3) is 0.400. The first-order chi connectivity index (χ1) is 8.29. The molecule has 0 fully saturated rings. The zero-order valence-electron chi connectivity index (χ0n) is 10.1. The van der Waals surface area contributed by atoms with Gasteiger partial charge >= 0.3 is 0 Å². The van der Waals surface area contributed by atoms with E-state index in [0.717, 1.165) is 0 Å². The van der Waals surface area contributed by atoms with Crippen LogP contribution in [0.3, 0.4) is 0 Å². The summed E-state index contributed by atoms with van der Waals surface area (Å²) < 4.78 is 52.7. The molecule has 0 bridgehead atoms. The molecule has 6 nitrogen and oxygen atoms in total. The summed E-state index contributed by atoms with van der Waals surface area (Å²) in [6, 6.07) is 5.97. The molecule has 102 valence electrons. The van der Waals surface area contributed by atoms with Crippen LogP contribution in [0.2, 0.25) is 0 Å². The van der Waals surface area contributed by atoms with E-state index in [1.54, 1.807) is 12.1 Å². The second kappa shape index (κ2) is 5.57. The van der Waals surface area contributed by atoms with Crippen LogP contribution >= 0.6 is 0 Å². The molecule has 0 aliphatic carbocycles. The Labute approximate surface area is 108 Å². The van der Waals surface area contributed by atoms with Crippen LogP contribution < -0.4 is 0 Å². The number of hydrogen-bond acceptors (Lipinski definition) is 4. The van der Waals surface area contributed by atoms with E-state index in [2.05, 4.69) is 9.44 Å². The molecule has 1 rings (SSSR count). The van der Waals surface area contributed by atoms with E-state index in [9.17, 15) is 16.8 Å². The summed E-state index contributed by atoms with van der Waals surface area (Å²) in [7, 11) is -7.17. The van der Waals surface area contributed by atoms with E-state index in [4.69, 9.17) is 0 Å². The van der Waals surface area contributed by atoms with Gasteiger partial charge in [-0.25, -0.2) is 16.8 Å². The number of sulfonamides is 2. The summed E-state index contributed by atoms with van der Waals surface area (Å²) >= 11 is 0. The third-order valence-electron chi connectivity index (χ3n) is 2.09. The maximum Gasteiger partial charge on any atom is 0.0935 e. The van der Waals surface area contributed by atoms with Gasteiger partial charge in [-0.2, -0.15) is 0 Å². The molecular formula is C10H14N2O4S2-2. The summed E-state index contributed by atoms with van der Waals surface area (Å²) in [5.41, 5.74) is 0.0766. The average molecular weight is 290 g/mol. The zero-order valence-corrected chi connectivity index (χ0v) is 11.7. The van der Waals surface area contributed by atoms with E-state index in [-0.39, 0.29) is 22.9 Å². The highest BCUT2D eigenvalue weighted by Gasteiger charge is 1.98. The first-order valence-electron chi connectivity index (χ1n) is 5.30. The molecule has 0 saturated heterocycles. The lowest BCUT2D eigenvalue weighted by Gasteiger charge is -2.31. The van der Waals surface area contributed by atoms with Gasteiger partial charge in [-0.05, 0) is 0 Å². The van der Waals surface area contributed by atoms with Crippen molar-refractivity contribution in [2.45, 2.75) is 13.8 Å². The van der Waals surface area contributed by atoms with Gasteiger partial charge in [-0.15, -0.1) is 11.4 Å². The summed E-state index contributed by atoms with van der Waals surface area (Å²) in [5, 5.41) is 0. The van der Waals surface area contributed by atoms with Crippen molar-refractivity contribution in [3.63, 3.8) is 0 Å². The van der Waals surface area contributed by atoms with Crippen molar-refractivity contribution in [2.24, 2.45) is 0 Å². The molecular weight excluding hydrogens is 276 g/mol. The Morgan fingerprint density at radius 1 is 0.833 bits per heavy atom. The zero-order chi connectivity index (χ0) is 13.8. The molecule has 0 N–H and O–H groups in total. The SMILES string of the molecule is CCS(=O)(=O)[N-]c1ccccc1[N-]S(=O)(=O)CC. The van der Waals surface area contributed by atoms with Gasteiger partial charge in [0, 0.05) is 11.5 Å². The van der Waals surface area contributed by atoms with Crippen LogP contribution in [0.15, 0.2) is 24.3 Å². The van der Waals surface area contributed by atoms with Crippen LogP contribution in [0.25, 0.3) is 9.44 Å². The van der Waals surface area contributed by atoms with Gasteiger partial charge in [0.15, 0.2) is 0 Å². The van der Waals surface area contributed by atoms with E-state index >= 15 is 0 Å². The third kappa shape index (κ3) is 4.19. The lowest BCUT2D eigenvalue weighted by molar-refractivity contribution is 0.602. The topological polar surface area (TPSA) is 96.5 Å². The van der Waals surface area contributed by atoms with E-state index in [1.165, 1.54) is 26.0 Å². The third-order valence-corrected chi connectivity index (χ3v) is 4.50. The smallest absolute Gasteiger partial charge is 0.0935 e. The highest BCUT2D eigenvalue weighted by molar-refractivity contribution is 7.94. The van der Waals surface area contributed by atoms with Crippen LogP contribution in [-0.2, 0) is 20.0 Å². The van der Waals surface area contributed by atoms with Crippen molar-refractivity contribution < 1.29 is 16.8 Å². The number of rotatable bonds is 6. The quantitative estimate of drug-likeness (QED) is 0.803. The van der Waals surface area contributed by atoms with E-state index in [0.29, 0.717) is 0 Å². The Hall–Kier alpha value is -1.28. The minimum atomic E-state index is -3.59. The van der Waals surface area contributed by atoms with E-state index in [1.807, 2.05) is 0 Å². The molecule has 0 unspecified atom stereocenters. The van der Waals surface area contributed by atoms with Gasteiger partial charge in [0.1, 0.15) is 0 Å². The Morgan fingerprint density at radius 3 is 1.44 bits per heavy atom. The van der Waals surface area contributed by atoms with Gasteiger partial charge in [-0.3, -0.25) is 0 Å². The van der Waals surface area contributed by atoms with Crippen molar-refractivity contribution in [1.82, 2.24) is 0 Å². The normalized spacial score (nSPS) is 12.1. The summed E-state index contributed by atoms with van der Waals surface area (Å²) in [6.07, 6.45) is 0. The second-order valence-corrected chi connectivity index (χ2v) is 7.26. The summed E-state index contributed by atoms with van der Waals surface area (Å²) in [4.78, 5) is 0. The molecule has 1 aromatic carbocycles. The van der Waals surface area contributed by atoms with Gasteiger partial charge < -0.3 is 9.44 Å². The molecule has 0 amide bonds. The number of nitrogens with zero attached hydrogens (tertiary/aromatic N) is 2. The molecule has 0 radical (unpaired) electrons. The van der Waals surface area contributed by atoms with Crippen molar-refractivity contribution in [1.29, 1.82) is 0 Å². The average Bonchev–Trinajstić information content (AvgIpc) is 2.31. The molecule has 0 saturated carbocycles. The minimum Gasteiger partial charge on any atom is -0.578 e. The molecule has 0 aromatic heterocycles. The van der Waals surface area contributed by atoms with E-state index < -0.39 is 20.0 Å². The maximum absolute atomic E-state index is 11.4. The van der Waals surface area contributed by atoms with Crippen molar-refractivity contribution in [2.75, 3.05) is 11.5 Å². The van der Waals surface area contributed by atoms with Crippen LogP contribution in [0.5, 0.6) is 0 Å². The predicted octanol–water partition coefficient (Wildman–Crippen LogP) is 2.40. The van der Waals surface area contributed by atoms with Crippen LogP contribution in [-0.4, -0.2) is 28.3 Å². The number of hydrogen-bond donors (Lipinski definition) is 0. The highest BCUT2D eigenvalue weighted by atomic mass is 32.2.